The summed E-state index contributed by atoms with van der Waals surface area (Å²) in [5.41, 5.74) is 2.11. The summed E-state index contributed by atoms with van der Waals surface area (Å²) >= 11 is 0. The Morgan fingerprint density at radius 3 is 2.48 bits per heavy atom. The Bertz CT molecular complexity index is 740. The van der Waals surface area contributed by atoms with Crippen LogP contribution in [0, 0.1) is 5.92 Å². The highest BCUT2D eigenvalue weighted by Crippen LogP contribution is 2.31. The minimum atomic E-state index is 0.147. The zero-order chi connectivity index (χ0) is 15.8. The molecular weight excluding hydrogens is 290 g/mol. The van der Waals surface area contributed by atoms with Gasteiger partial charge in [-0.1, -0.05) is 18.2 Å². The number of para-hydroxylation sites is 1. The van der Waals surface area contributed by atoms with Crippen LogP contribution in [0.3, 0.4) is 0 Å². The highest BCUT2D eigenvalue weighted by molar-refractivity contribution is 5.89. The van der Waals surface area contributed by atoms with E-state index in [1.54, 1.807) is 0 Å². The molecule has 1 N–H and O–H groups in total. The number of hydrogen-bond donors (Lipinski definition) is 1. The van der Waals surface area contributed by atoms with Crippen LogP contribution in [0.15, 0.2) is 30.5 Å². The highest BCUT2D eigenvalue weighted by Gasteiger charge is 2.35. The molecule has 1 saturated heterocycles. The minimum absolute atomic E-state index is 0.147. The van der Waals surface area contributed by atoms with E-state index in [1.807, 2.05) is 40.3 Å². The van der Waals surface area contributed by atoms with Crippen molar-refractivity contribution < 1.29 is 9.59 Å². The molecule has 5 heteroatoms. The normalized spacial score (nSPS) is 18.4. The number of nitrogens with zero attached hydrogens (tertiary/aromatic N) is 2. The van der Waals surface area contributed by atoms with Crippen LogP contribution in [0.4, 0.5) is 0 Å². The molecule has 0 bridgehead atoms. The summed E-state index contributed by atoms with van der Waals surface area (Å²) in [4.78, 5) is 31.6. The van der Waals surface area contributed by atoms with Gasteiger partial charge in [0.25, 0.3) is 0 Å². The van der Waals surface area contributed by atoms with Crippen LogP contribution in [-0.2, 0) is 16.0 Å². The zero-order valence-corrected chi connectivity index (χ0v) is 13.1. The average Bonchev–Trinajstić information content (AvgIpc) is 3.37. The van der Waals surface area contributed by atoms with Crippen LogP contribution in [0.5, 0.6) is 0 Å². The van der Waals surface area contributed by atoms with Gasteiger partial charge in [-0.15, -0.1) is 0 Å². The summed E-state index contributed by atoms with van der Waals surface area (Å²) < 4.78 is 0. The number of aromatic nitrogens is 1. The van der Waals surface area contributed by atoms with Gasteiger partial charge in [-0.25, -0.2) is 0 Å². The Kier molecular flexibility index (Phi) is 3.56. The van der Waals surface area contributed by atoms with Crippen LogP contribution in [0.2, 0.25) is 0 Å². The lowest BCUT2D eigenvalue weighted by molar-refractivity contribution is -0.139. The van der Waals surface area contributed by atoms with Gasteiger partial charge in [0.2, 0.25) is 11.8 Å². The lowest BCUT2D eigenvalue weighted by Crippen LogP contribution is -2.51. The molecular formula is C18H21N3O2. The third kappa shape index (κ3) is 2.83. The molecule has 5 nitrogen and oxygen atoms in total. The summed E-state index contributed by atoms with van der Waals surface area (Å²) in [5.74, 6) is 0.700. The second-order valence-electron chi connectivity index (χ2n) is 6.52. The van der Waals surface area contributed by atoms with Gasteiger partial charge in [-0.3, -0.25) is 9.59 Å². The number of aromatic amines is 1. The fourth-order valence-corrected chi connectivity index (χ4v) is 3.32. The van der Waals surface area contributed by atoms with Crippen molar-refractivity contribution in [2.24, 2.45) is 5.92 Å². The van der Waals surface area contributed by atoms with Crippen molar-refractivity contribution in [2.45, 2.75) is 19.3 Å². The van der Waals surface area contributed by atoms with Gasteiger partial charge in [0.15, 0.2) is 0 Å². The van der Waals surface area contributed by atoms with Crippen molar-refractivity contribution in [2.75, 3.05) is 26.2 Å². The summed E-state index contributed by atoms with van der Waals surface area (Å²) in [6.45, 7) is 2.66. The van der Waals surface area contributed by atoms with E-state index < -0.39 is 0 Å². The fourth-order valence-electron chi connectivity index (χ4n) is 3.32. The van der Waals surface area contributed by atoms with E-state index in [-0.39, 0.29) is 17.7 Å². The van der Waals surface area contributed by atoms with Crippen molar-refractivity contribution in [3.05, 3.63) is 36.0 Å². The Hall–Kier alpha value is -2.30. The van der Waals surface area contributed by atoms with Crippen molar-refractivity contribution in [1.82, 2.24) is 14.8 Å². The maximum Gasteiger partial charge on any atom is 0.227 e. The number of H-pyrrole nitrogens is 1. The molecule has 0 radical (unpaired) electrons. The monoisotopic (exact) mass is 311 g/mol. The molecule has 1 saturated carbocycles. The fraction of sp³-hybridized carbons (Fsp3) is 0.444. The van der Waals surface area contributed by atoms with E-state index in [0.717, 1.165) is 29.3 Å². The molecule has 0 spiro atoms. The lowest BCUT2D eigenvalue weighted by Gasteiger charge is -2.35. The third-order valence-electron chi connectivity index (χ3n) is 4.89. The van der Waals surface area contributed by atoms with E-state index in [2.05, 4.69) is 4.98 Å². The van der Waals surface area contributed by atoms with Gasteiger partial charge in [-0.2, -0.15) is 0 Å². The SMILES string of the molecule is O=C(Cc1c[nH]c2ccccc12)N1CCN(C(=O)C2CC2)CC1. The number of carbonyl (C=O) groups is 2. The van der Waals surface area contributed by atoms with Crippen LogP contribution >= 0.6 is 0 Å². The number of rotatable bonds is 3. The average molecular weight is 311 g/mol. The lowest BCUT2D eigenvalue weighted by atomic mass is 10.1. The largest absolute Gasteiger partial charge is 0.361 e. The van der Waals surface area contributed by atoms with E-state index in [4.69, 9.17) is 0 Å². The Labute approximate surface area is 135 Å². The van der Waals surface area contributed by atoms with Crippen molar-refractivity contribution in [3.63, 3.8) is 0 Å². The summed E-state index contributed by atoms with van der Waals surface area (Å²) in [6.07, 6.45) is 4.42. The summed E-state index contributed by atoms with van der Waals surface area (Å²) in [6, 6.07) is 8.04. The Balaban J connectivity index is 1.37. The first-order valence-corrected chi connectivity index (χ1v) is 8.34. The van der Waals surface area contributed by atoms with Crippen molar-refractivity contribution in [3.8, 4) is 0 Å². The number of piperazine rings is 1. The number of benzene rings is 1. The second kappa shape index (κ2) is 5.72. The summed E-state index contributed by atoms with van der Waals surface area (Å²) in [7, 11) is 0. The predicted molar refractivity (Wildman–Crippen MR) is 87.9 cm³/mol. The number of amides is 2. The number of hydrogen-bond acceptors (Lipinski definition) is 2. The third-order valence-corrected chi connectivity index (χ3v) is 4.89. The minimum Gasteiger partial charge on any atom is -0.361 e. The molecule has 0 atom stereocenters. The molecule has 1 aromatic carbocycles. The number of fused-ring (bicyclic) bond motifs is 1. The quantitative estimate of drug-likeness (QED) is 0.939. The molecule has 2 fully saturated rings. The van der Waals surface area contributed by atoms with E-state index in [1.165, 1.54) is 0 Å². The molecule has 2 aliphatic rings. The first kappa shape index (κ1) is 14.3. The zero-order valence-electron chi connectivity index (χ0n) is 13.1. The molecule has 2 heterocycles. The van der Waals surface area contributed by atoms with Gasteiger partial charge in [0.1, 0.15) is 0 Å². The highest BCUT2D eigenvalue weighted by atomic mass is 16.2. The molecule has 0 unspecified atom stereocenters. The molecule has 1 aliphatic heterocycles. The first-order valence-electron chi connectivity index (χ1n) is 8.34. The van der Waals surface area contributed by atoms with Gasteiger partial charge in [0, 0.05) is 49.2 Å². The van der Waals surface area contributed by atoms with E-state index in [0.29, 0.717) is 32.6 Å². The molecule has 2 amide bonds. The smallest absolute Gasteiger partial charge is 0.227 e. The summed E-state index contributed by atoms with van der Waals surface area (Å²) in [5, 5.41) is 1.11. The first-order chi connectivity index (χ1) is 11.2. The van der Waals surface area contributed by atoms with Gasteiger partial charge < -0.3 is 14.8 Å². The number of carbonyl (C=O) groups excluding carboxylic acids is 2. The van der Waals surface area contributed by atoms with Crippen molar-refractivity contribution in [1.29, 1.82) is 0 Å². The van der Waals surface area contributed by atoms with Crippen molar-refractivity contribution >= 4 is 22.7 Å². The molecule has 4 rings (SSSR count). The van der Waals surface area contributed by atoms with Gasteiger partial charge in [-0.05, 0) is 24.5 Å². The van der Waals surface area contributed by atoms with Gasteiger partial charge in [0.05, 0.1) is 6.42 Å². The van der Waals surface area contributed by atoms with Crippen LogP contribution in [0.1, 0.15) is 18.4 Å². The van der Waals surface area contributed by atoms with Gasteiger partial charge >= 0.3 is 0 Å². The van der Waals surface area contributed by atoms with E-state index >= 15 is 0 Å². The standard InChI is InChI=1S/C18H21N3O2/c22-17(11-14-12-19-16-4-2-1-3-15(14)16)20-7-9-21(10-8-20)18(23)13-5-6-13/h1-4,12-13,19H,5-11H2. The Morgan fingerprint density at radius 2 is 1.74 bits per heavy atom. The maximum absolute atomic E-state index is 12.5. The predicted octanol–water partition coefficient (Wildman–Crippen LogP) is 1.79. The Morgan fingerprint density at radius 1 is 1.04 bits per heavy atom. The molecule has 23 heavy (non-hydrogen) atoms. The molecule has 1 aliphatic carbocycles. The van der Waals surface area contributed by atoms with Crippen LogP contribution in [0.25, 0.3) is 10.9 Å². The topological polar surface area (TPSA) is 56.4 Å². The maximum atomic E-state index is 12.5. The van der Waals surface area contributed by atoms with Crippen LogP contribution in [-0.4, -0.2) is 52.8 Å². The second-order valence-corrected chi connectivity index (χ2v) is 6.52. The van der Waals surface area contributed by atoms with Crippen LogP contribution < -0.4 is 0 Å². The molecule has 2 aromatic rings. The molecule has 1 aromatic heterocycles. The van der Waals surface area contributed by atoms with E-state index in [9.17, 15) is 9.59 Å². The molecule has 120 valence electrons. The number of nitrogens with one attached hydrogen (secondary N) is 1.